The van der Waals surface area contributed by atoms with E-state index in [4.69, 9.17) is 0 Å². The number of aryl methyl sites for hydroxylation is 2. The normalized spacial score (nSPS) is 11.2. The zero-order chi connectivity index (χ0) is 17.2. The van der Waals surface area contributed by atoms with Crippen molar-refractivity contribution in [1.29, 1.82) is 0 Å². The lowest BCUT2D eigenvalue weighted by Gasteiger charge is -2.06. The van der Waals surface area contributed by atoms with E-state index >= 15 is 0 Å². The van der Waals surface area contributed by atoms with E-state index in [0.29, 0.717) is 12.3 Å². The highest BCUT2D eigenvalue weighted by Gasteiger charge is 2.13. The number of aromatic nitrogens is 5. The van der Waals surface area contributed by atoms with Gasteiger partial charge in [-0.05, 0) is 36.9 Å². The van der Waals surface area contributed by atoms with E-state index < -0.39 is 0 Å². The smallest absolute Gasteiger partial charge is 0.291 e. The van der Waals surface area contributed by atoms with Crippen molar-refractivity contribution in [3.8, 4) is 0 Å². The van der Waals surface area contributed by atoms with Gasteiger partial charge in [0.15, 0.2) is 0 Å². The second-order valence-corrected chi connectivity index (χ2v) is 5.91. The van der Waals surface area contributed by atoms with E-state index in [0.717, 1.165) is 18.7 Å². The molecule has 0 radical (unpaired) electrons. The Morgan fingerprint density at radius 3 is 2.96 bits per heavy atom. The molecule has 0 unspecified atom stereocenters. The van der Waals surface area contributed by atoms with Gasteiger partial charge in [0.2, 0.25) is 5.82 Å². The Morgan fingerprint density at radius 1 is 1.20 bits per heavy atom. The van der Waals surface area contributed by atoms with Gasteiger partial charge in [-0.2, -0.15) is 4.98 Å². The number of nitrogens with one attached hydrogen (secondary N) is 1. The number of hydrogen-bond acceptors (Lipinski definition) is 4. The average molecular weight is 334 g/mol. The van der Waals surface area contributed by atoms with E-state index in [1.165, 1.54) is 10.9 Å². The monoisotopic (exact) mass is 334 g/mol. The van der Waals surface area contributed by atoms with Crippen LogP contribution in [0.25, 0.3) is 16.7 Å². The Kier molecular flexibility index (Phi) is 3.89. The average Bonchev–Trinajstić information content (AvgIpc) is 3.24. The highest BCUT2D eigenvalue weighted by molar-refractivity contribution is 5.90. The van der Waals surface area contributed by atoms with Gasteiger partial charge in [-0.25, -0.2) is 9.50 Å². The summed E-state index contributed by atoms with van der Waals surface area (Å²) in [5.41, 5.74) is 2.09. The number of nitrogens with zero attached hydrogens (tertiary/aromatic N) is 5. The van der Waals surface area contributed by atoms with Crippen molar-refractivity contribution in [2.75, 3.05) is 6.54 Å². The van der Waals surface area contributed by atoms with Crippen LogP contribution in [-0.2, 0) is 6.54 Å². The summed E-state index contributed by atoms with van der Waals surface area (Å²) in [4.78, 5) is 20.5. The third-order valence-corrected chi connectivity index (χ3v) is 4.17. The van der Waals surface area contributed by atoms with Crippen molar-refractivity contribution >= 4 is 22.6 Å². The highest BCUT2D eigenvalue weighted by atomic mass is 16.2. The van der Waals surface area contributed by atoms with Crippen molar-refractivity contribution < 1.29 is 4.79 Å². The number of fused-ring (bicyclic) bond motifs is 2. The molecule has 0 atom stereocenters. The van der Waals surface area contributed by atoms with E-state index in [1.807, 2.05) is 25.1 Å². The van der Waals surface area contributed by atoms with Gasteiger partial charge >= 0.3 is 0 Å². The number of benzene rings is 1. The minimum absolute atomic E-state index is 0.146. The van der Waals surface area contributed by atoms with E-state index in [1.54, 1.807) is 10.7 Å². The van der Waals surface area contributed by atoms with Crippen molar-refractivity contribution in [3.63, 3.8) is 0 Å². The van der Waals surface area contributed by atoms with E-state index in [2.05, 4.69) is 49.3 Å². The number of amides is 1. The van der Waals surface area contributed by atoms with Gasteiger partial charge in [0, 0.05) is 36.7 Å². The first kappa shape index (κ1) is 15.3. The van der Waals surface area contributed by atoms with Crippen LogP contribution in [0.3, 0.4) is 0 Å². The zero-order valence-electron chi connectivity index (χ0n) is 13.9. The molecule has 7 nitrogen and oxygen atoms in total. The number of carbonyl (C=O) groups is 1. The third-order valence-electron chi connectivity index (χ3n) is 4.17. The fourth-order valence-corrected chi connectivity index (χ4v) is 2.87. The number of hydrogen-bond donors (Lipinski definition) is 1. The fraction of sp³-hybridized carbons (Fsp3) is 0.222. The molecule has 0 aliphatic rings. The topological polar surface area (TPSA) is 77.1 Å². The maximum atomic E-state index is 12.2. The summed E-state index contributed by atoms with van der Waals surface area (Å²) in [7, 11) is 0. The zero-order valence-corrected chi connectivity index (χ0v) is 13.9. The molecular formula is C18H18N6O. The molecule has 3 aromatic heterocycles. The second kappa shape index (κ2) is 6.35. The van der Waals surface area contributed by atoms with Crippen LogP contribution in [0.4, 0.5) is 0 Å². The van der Waals surface area contributed by atoms with E-state index in [-0.39, 0.29) is 11.7 Å². The Hall–Kier alpha value is -3.22. The molecule has 4 aromatic rings. The quantitative estimate of drug-likeness (QED) is 0.568. The maximum Gasteiger partial charge on any atom is 0.291 e. The summed E-state index contributed by atoms with van der Waals surface area (Å²) < 4.78 is 3.76. The van der Waals surface area contributed by atoms with Gasteiger partial charge in [-0.15, -0.1) is 5.10 Å². The molecule has 0 aliphatic heterocycles. The molecule has 0 bridgehead atoms. The SMILES string of the molecule is Cc1ccnc2nc(C(=O)NCCCn3ccc4ccccc43)nn12. The molecule has 3 heterocycles. The van der Waals surface area contributed by atoms with Crippen LogP contribution in [-0.4, -0.2) is 36.6 Å². The van der Waals surface area contributed by atoms with Crippen LogP contribution in [0.15, 0.2) is 48.8 Å². The summed E-state index contributed by atoms with van der Waals surface area (Å²) in [5, 5.41) is 8.30. The molecular weight excluding hydrogens is 316 g/mol. The van der Waals surface area contributed by atoms with Crippen molar-refractivity contribution in [1.82, 2.24) is 29.5 Å². The van der Waals surface area contributed by atoms with Gasteiger partial charge in [0.1, 0.15) is 0 Å². The fourth-order valence-electron chi connectivity index (χ4n) is 2.87. The van der Waals surface area contributed by atoms with Gasteiger partial charge in [-0.3, -0.25) is 4.79 Å². The van der Waals surface area contributed by atoms with Crippen LogP contribution in [0.1, 0.15) is 22.7 Å². The third kappa shape index (κ3) is 2.96. The molecule has 0 spiro atoms. The Morgan fingerprint density at radius 2 is 2.08 bits per heavy atom. The summed E-state index contributed by atoms with van der Waals surface area (Å²) in [6.07, 6.45) is 4.56. The second-order valence-electron chi connectivity index (χ2n) is 5.91. The molecule has 0 aliphatic carbocycles. The molecule has 1 amide bonds. The lowest BCUT2D eigenvalue weighted by molar-refractivity contribution is 0.0942. The largest absolute Gasteiger partial charge is 0.349 e. The van der Waals surface area contributed by atoms with Crippen molar-refractivity contribution in [2.24, 2.45) is 0 Å². The van der Waals surface area contributed by atoms with Crippen molar-refractivity contribution in [3.05, 3.63) is 60.3 Å². The van der Waals surface area contributed by atoms with Gasteiger partial charge in [0.05, 0.1) is 0 Å². The standard InChI is InChI=1S/C18H18N6O/c1-13-7-10-20-18-21-16(22-24(13)18)17(25)19-9-4-11-23-12-8-14-5-2-3-6-15(14)23/h2-3,5-8,10,12H,4,9,11H2,1H3,(H,19,25). The molecule has 0 saturated carbocycles. The van der Waals surface area contributed by atoms with Crippen LogP contribution >= 0.6 is 0 Å². The molecule has 0 saturated heterocycles. The first-order valence-electron chi connectivity index (χ1n) is 8.23. The first-order valence-corrected chi connectivity index (χ1v) is 8.23. The Bertz CT molecular complexity index is 1050. The van der Waals surface area contributed by atoms with Gasteiger partial charge in [0.25, 0.3) is 11.7 Å². The first-order chi connectivity index (χ1) is 12.2. The number of carbonyl (C=O) groups excluding carboxylic acids is 1. The van der Waals surface area contributed by atoms with Gasteiger partial charge in [-0.1, -0.05) is 18.2 Å². The number of para-hydroxylation sites is 1. The maximum absolute atomic E-state index is 12.2. The van der Waals surface area contributed by atoms with Crippen LogP contribution in [0.5, 0.6) is 0 Å². The summed E-state index contributed by atoms with van der Waals surface area (Å²) in [6, 6.07) is 12.2. The van der Waals surface area contributed by atoms with E-state index in [9.17, 15) is 4.79 Å². The summed E-state index contributed by atoms with van der Waals surface area (Å²) in [5.74, 6) is 0.305. The predicted octanol–water partition coefficient (Wildman–Crippen LogP) is 2.21. The Balaban J connectivity index is 1.36. The van der Waals surface area contributed by atoms with Crippen LogP contribution in [0, 0.1) is 6.92 Å². The summed E-state index contributed by atoms with van der Waals surface area (Å²) >= 11 is 0. The minimum Gasteiger partial charge on any atom is -0.349 e. The van der Waals surface area contributed by atoms with Crippen molar-refractivity contribution in [2.45, 2.75) is 19.9 Å². The molecule has 126 valence electrons. The molecule has 7 heteroatoms. The lowest BCUT2D eigenvalue weighted by Crippen LogP contribution is -2.26. The minimum atomic E-state index is -0.276. The van der Waals surface area contributed by atoms with Gasteiger partial charge < -0.3 is 9.88 Å². The number of rotatable bonds is 5. The molecule has 25 heavy (non-hydrogen) atoms. The molecule has 4 rings (SSSR count). The lowest BCUT2D eigenvalue weighted by atomic mass is 10.2. The van der Waals surface area contributed by atoms with Crippen LogP contribution < -0.4 is 5.32 Å². The molecule has 0 fully saturated rings. The van der Waals surface area contributed by atoms with Crippen LogP contribution in [0.2, 0.25) is 0 Å². The molecule has 1 N–H and O–H groups in total. The Labute approximate surface area is 144 Å². The highest BCUT2D eigenvalue weighted by Crippen LogP contribution is 2.15. The summed E-state index contributed by atoms with van der Waals surface area (Å²) in [6.45, 7) is 3.30. The molecule has 1 aromatic carbocycles. The predicted molar refractivity (Wildman–Crippen MR) is 94.4 cm³/mol.